The maximum absolute atomic E-state index is 13.4. The van der Waals surface area contributed by atoms with Crippen molar-refractivity contribution >= 4 is 32.4 Å². The van der Waals surface area contributed by atoms with Gasteiger partial charge < -0.3 is 5.32 Å². The first kappa shape index (κ1) is 18.4. The summed E-state index contributed by atoms with van der Waals surface area (Å²) >= 11 is 0.777. The topological polar surface area (TPSA) is 101 Å². The molecule has 1 aromatic heterocycles. The van der Waals surface area contributed by atoms with Crippen LogP contribution in [-0.4, -0.2) is 31.1 Å². The zero-order chi connectivity index (χ0) is 17.6. The second-order valence-corrected chi connectivity index (χ2v) is 7.92. The van der Waals surface area contributed by atoms with Gasteiger partial charge in [0, 0.05) is 13.5 Å². The molecule has 0 spiro atoms. The van der Waals surface area contributed by atoms with Crippen LogP contribution in [0.25, 0.3) is 0 Å². The highest BCUT2D eigenvalue weighted by Crippen LogP contribution is 2.19. The highest BCUT2D eigenvalue weighted by molar-refractivity contribution is 7.91. The van der Waals surface area contributed by atoms with Crippen molar-refractivity contribution in [2.24, 2.45) is 0 Å². The van der Waals surface area contributed by atoms with Crippen molar-refractivity contribution in [3.63, 3.8) is 0 Å². The fourth-order valence-corrected chi connectivity index (χ4v) is 3.99. The maximum Gasteiger partial charge on any atom is 0.269 e. The molecule has 0 aliphatic rings. The first-order valence-corrected chi connectivity index (χ1v) is 9.52. The van der Waals surface area contributed by atoms with E-state index in [0.29, 0.717) is 24.8 Å². The molecule has 0 atom stereocenters. The van der Waals surface area contributed by atoms with Crippen molar-refractivity contribution in [2.75, 3.05) is 11.9 Å². The van der Waals surface area contributed by atoms with E-state index in [-0.39, 0.29) is 27.7 Å². The molecular formula is C14H17FN4O3S2. The fourth-order valence-electron chi connectivity index (χ4n) is 1.93. The molecule has 2 aromatic rings. The number of unbranched alkanes of at least 4 members (excludes halogenated alkanes) is 1. The molecule has 1 heterocycles. The minimum absolute atomic E-state index is 0.127. The normalized spacial score (nSPS) is 11.4. The second kappa shape index (κ2) is 8.27. The summed E-state index contributed by atoms with van der Waals surface area (Å²) in [6.07, 6.45) is 1.75. The lowest BCUT2D eigenvalue weighted by Crippen LogP contribution is -2.24. The van der Waals surface area contributed by atoms with Gasteiger partial charge in [-0.3, -0.25) is 4.79 Å². The van der Waals surface area contributed by atoms with Gasteiger partial charge in [-0.15, -0.1) is 10.2 Å². The summed E-state index contributed by atoms with van der Waals surface area (Å²) in [7, 11) is -3.76. The SMILES string of the molecule is CC(=O)Nc1nnc(S(=O)(=O)NCCCCc2ccccc2F)s1. The summed E-state index contributed by atoms with van der Waals surface area (Å²) in [4.78, 5) is 10.9. The van der Waals surface area contributed by atoms with Gasteiger partial charge in [-0.25, -0.2) is 17.5 Å². The van der Waals surface area contributed by atoms with Crippen LogP contribution in [0.1, 0.15) is 25.3 Å². The minimum Gasteiger partial charge on any atom is -0.301 e. The molecule has 1 aromatic carbocycles. The van der Waals surface area contributed by atoms with Gasteiger partial charge in [0.2, 0.25) is 15.4 Å². The predicted molar refractivity (Wildman–Crippen MR) is 88.7 cm³/mol. The number of halogens is 1. The Labute approximate surface area is 143 Å². The third-order valence-electron chi connectivity index (χ3n) is 3.04. The lowest BCUT2D eigenvalue weighted by molar-refractivity contribution is -0.114. The van der Waals surface area contributed by atoms with Crippen LogP contribution in [0.3, 0.4) is 0 Å². The maximum atomic E-state index is 13.4. The summed E-state index contributed by atoms with van der Waals surface area (Å²) in [6.45, 7) is 1.51. The number of nitrogens with one attached hydrogen (secondary N) is 2. The molecule has 7 nitrogen and oxygen atoms in total. The largest absolute Gasteiger partial charge is 0.301 e. The Morgan fingerprint density at radius 3 is 2.71 bits per heavy atom. The molecule has 0 bridgehead atoms. The van der Waals surface area contributed by atoms with E-state index in [1.807, 2.05) is 0 Å². The average molecular weight is 372 g/mol. The van der Waals surface area contributed by atoms with Gasteiger partial charge in [0.25, 0.3) is 10.0 Å². The zero-order valence-electron chi connectivity index (χ0n) is 13.0. The summed E-state index contributed by atoms with van der Waals surface area (Å²) in [5.41, 5.74) is 0.615. The first-order valence-electron chi connectivity index (χ1n) is 7.22. The number of amides is 1. The molecule has 0 saturated heterocycles. The van der Waals surface area contributed by atoms with E-state index in [1.165, 1.54) is 13.0 Å². The highest BCUT2D eigenvalue weighted by Gasteiger charge is 2.19. The predicted octanol–water partition coefficient (Wildman–Crippen LogP) is 1.94. The summed E-state index contributed by atoms with van der Waals surface area (Å²) in [5.74, 6) is -0.603. The molecular weight excluding hydrogens is 355 g/mol. The Kier molecular flexibility index (Phi) is 6.35. The number of carbonyl (C=O) groups excluding carboxylic acids is 1. The van der Waals surface area contributed by atoms with Gasteiger partial charge in [-0.1, -0.05) is 29.5 Å². The molecule has 0 aliphatic carbocycles. The van der Waals surface area contributed by atoms with E-state index in [0.717, 1.165) is 11.3 Å². The van der Waals surface area contributed by atoms with Gasteiger partial charge in [-0.05, 0) is 30.9 Å². The van der Waals surface area contributed by atoms with Crippen molar-refractivity contribution in [1.29, 1.82) is 0 Å². The second-order valence-electron chi connectivity index (χ2n) is 5.00. The van der Waals surface area contributed by atoms with Crippen LogP contribution in [0.5, 0.6) is 0 Å². The molecule has 0 unspecified atom stereocenters. The number of aryl methyl sites for hydroxylation is 1. The number of hydrogen-bond donors (Lipinski definition) is 2. The third-order valence-corrected chi connectivity index (χ3v) is 5.71. The smallest absolute Gasteiger partial charge is 0.269 e. The molecule has 0 saturated carbocycles. The summed E-state index contributed by atoms with van der Waals surface area (Å²) in [6, 6.07) is 6.51. The van der Waals surface area contributed by atoms with Crippen molar-refractivity contribution in [3.05, 3.63) is 35.6 Å². The molecule has 0 radical (unpaired) electrons. The Morgan fingerprint density at radius 2 is 2.00 bits per heavy atom. The number of benzene rings is 1. The van der Waals surface area contributed by atoms with Gasteiger partial charge in [-0.2, -0.15) is 0 Å². The average Bonchev–Trinajstić information content (AvgIpc) is 2.97. The van der Waals surface area contributed by atoms with Crippen LogP contribution in [-0.2, 0) is 21.2 Å². The van der Waals surface area contributed by atoms with Crippen molar-refractivity contribution in [1.82, 2.24) is 14.9 Å². The molecule has 2 N–H and O–H groups in total. The first-order chi connectivity index (χ1) is 11.4. The number of nitrogens with zero attached hydrogens (tertiary/aromatic N) is 2. The van der Waals surface area contributed by atoms with E-state index < -0.39 is 10.0 Å². The quantitative estimate of drug-likeness (QED) is 0.545. The van der Waals surface area contributed by atoms with Crippen LogP contribution in [0.2, 0.25) is 0 Å². The molecule has 0 fully saturated rings. The Morgan fingerprint density at radius 1 is 1.25 bits per heavy atom. The number of rotatable bonds is 8. The highest BCUT2D eigenvalue weighted by atomic mass is 32.2. The zero-order valence-corrected chi connectivity index (χ0v) is 14.6. The monoisotopic (exact) mass is 372 g/mol. The van der Waals surface area contributed by atoms with Crippen molar-refractivity contribution < 1.29 is 17.6 Å². The van der Waals surface area contributed by atoms with Gasteiger partial charge in [0.05, 0.1) is 0 Å². The van der Waals surface area contributed by atoms with Crippen LogP contribution >= 0.6 is 11.3 Å². The van der Waals surface area contributed by atoms with E-state index in [2.05, 4.69) is 20.2 Å². The lowest BCUT2D eigenvalue weighted by Gasteiger charge is -2.04. The van der Waals surface area contributed by atoms with Crippen LogP contribution in [0, 0.1) is 5.82 Å². The fraction of sp³-hybridized carbons (Fsp3) is 0.357. The van der Waals surface area contributed by atoms with Crippen LogP contribution < -0.4 is 10.0 Å². The van der Waals surface area contributed by atoms with Crippen molar-refractivity contribution in [3.8, 4) is 0 Å². The van der Waals surface area contributed by atoms with Gasteiger partial charge >= 0.3 is 0 Å². The number of carbonyl (C=O) groups is 1. The van der Waals surface area contributed by atoms with Gasteiger partial charge in [0.1, 0.15) is 5.82 Å². The Bertz CT molecular complexity index is 808. The molecule has 1 amide bonds. The number of aromatic nitrogens is 2. The van der Waals surface area contributed by atoms with Crippen LogP contribution in [0.4, 0.5) is 9.52 Å². The van der Waals surface area contributed by atoms with Gasteiger partial charge in [0.15, 0.2) is 0 Å². The Hall–Kier alpha value is -1.91. The molecule has 0 aliphatic heterocycles. The molecule has 10 heteroatoms. The Balaban J connectivity index is 1.79. The number of sulfonamides is 1. The standard InChI is InChI=1S/C14H17FN4O3S2/c1-10(20)17-13-18-19-14(23-13)24(21,22)16-9-5-4-7-11-6-2-3-8-12(11)15/h2-3,6,8,16H,4-5,7,9H2,1H3,(H,17,18,20). The van der Waals surface area contributed by atoms with E-state index in [9.17, 15) is 17.6 Å². The molecule has 2 rings (SSSR count). The number of hydrogen-bond acceptors (Lipinski definition) is 6. The minimum atomic E-state index is -3.76. The van der Waals surface area contributed by atoms with E-state index >= 15 is 0 Å². The number of anilines is 1. The summed E-state index contributed by atoms with van der Waals surface area (Å²) in [5, 5.41) is 9.65. The van der Waals surface area contributed by atoms with E-state index in [4.69, 9.17) is 0 Å². The third kappa shape index (κ3) is 5.32. The van der Waals surface area contributed by atoms with Crippen LogP contribution in [0.15, 0.2) is 28.6 Å². The van der Waals surface area contributed by atoms with Crippen molar-refractivity contribution in [2.45, 2.75) is 30.5 Å². The lowest BCUT2D eigenvalue weighted by atomic mass is 10.1. The van der Waals surface area contributed by atoms with E-state index in [1.54, 1.807) is 18.2 Å². The molecule has 130 valence electrons. The summed E-state index contributed by atoms with van der Waals surface area (Å²) < 4.78 is 39.7. The molecule has 24 heavy (non-hydrogen) atoms.